The molecule has 2 aromatic heterocycles. The normalized spacial score (nSPS) is 14.0. The van der Waals surface area contributed by atoms with Crippen LogP contribution in [0.3, 0.4) is 0 Å². The van der Waals surface area contributed by atoms with Gasteiger partial charge in [-0.15, -0.1) is 11.3 Å². The Bertz CT molecular complexity index is 1010. The number of ether oxygens (including phenoxy) is 2. The molecule has 1 fully saturated rings. The van der Waals surface area contributed by atoms with Crippen molar-refractivity contribution in [1.82, 2.24) is 9.97 Å². The highest BCUT2D eigenvalue weighted by Gasteiger charge is 2.23. The largest absolute Gasteiger partial charge is 0.493 e. The minimum absolute atomic E-state index is 0.122. The lowest BCUT2D eigenvalue weighted by atomic mass is 10.1. The summed E-state index contributed by atoms with van der Waals surface area (Å²) in [6.07, 6.45) is 7.72. The third-order valence-corrected chi connectivity index (χ3v) is 6.11. The van der Waals surface area contributed by atoms with E-state index in [2.05, 4.69) is 10.3 Å². The molecule has 6 nitrogen and oxygen atoms in total. The van der Waals surface area contributed by atoms with Crippen molar-refractivity contribution in [3.05, 3.63) is 42.0 Å². The number of nitrogens with one attached hydrogen (secondary N) is 1. The summed E-state index contributed by atoms with van der Waals surface area (Å²) in [5, 5.41) is 4.99. The fraction of sp³-hybridized carbons (Fsp3) is 0.318. The van der Waals surface area contributed by atoms with E-state index in [-0.39, 0.29) is 11.8 Å². The monoisotopic (exact) mass is 409 g/mol. The Balaban J connectivity index is 1.55. The van der Waals surface area contributed by atoms with Crippen LogP contribution in [0.5, 0.6) is 11.5 Å². The zero-order valence-electron chi connectivity index (χ0n) is 16.5. The van der Waals surface area contributed by atoms with Gasteiger partial charge in [0.25, 0.3) is 0 Å². The van der Waals surface area contributed by atoms with Gasteiger partial charge in [-0.2, -0.15) is 0 Å². The Morgan fingerprint density at radius 2 is 1.83 bits per heavy atom. The van der Waals surface area contributed by atoms with E-state index in [0.717, 1.165) is 53.2 Å². The number of hydrogen-bond acceptors (Lipinski definition) is 6. The molecule has 0 saturated heterocycles. The van der Waals surface area contributed by atoms with Crippen LogP contribution >= 0.6 is 11.3 Å². The summed E-state index contributed by atoms with van der Waals surface area (Å²) in [6, 6.07) is 7.62. The Labute approximate surface area is 173 Å². The fourth-order valence-corrected chi connectivity index (χ4v) is 4.38. The first-order valence-electron chi connectivity index (χ1n) is 9.62. The predicted molar refractivity (Wildman–Crippen MR) is 114 cm³/mol. The highest BCUT2D eigenvalue weighted by atomic mass is 32.1. The average molecular weight is 410 g/mol. The van der Waals surface area contributed by atoms with Crippen molar-refractivity contribution in [2.45, 2.75) is 25.7 Å². The van der Waals surface area contributed by atoms with Crippen molar-refractivity contribution in [2.24, 2.45) is 5.92 Å². The summed E-state index contributed by atoms with van der Waals surface area (Å²) < 4.78 is 10.7. The Morgan fingerprint density at radius 1 is 1.07 bits per heavy atom. The van der Waals surface area contributed by atoms with Gasteiger partial charge in [0.1, 0.15) is 0 Å². The zero-order valence-corrected chi connectivity index (χ0v) is 17.3. The smallest absolute Gasteiger partial charge is 0.227 e. The van der Waals surface area contributed by atoms with Crippen molar-refractivity contribution in [3.63, 3.8) is 0 Å². The molecule has 1 aliphatic carbocycles. The molecule has 29 heavy (non-hydrogen) atoms. The zero-order chi connectivity index (χ0) is 20.2. The highest BCUT2D eigenvalue weighted by molar-refractivity contribution is 7.14. The lowest BCUT2D eigenvalue weighted by Gasteiger charge is -2.09. The quantitative estimate of drug-likeness (QED) is 0.619. The number of carbonyl (C=O) groups is 1. The number of benzene rings is 1. The average Bonchev–Trinajstić information content (AvgIpc) is 3.46. The maximum atomic E-state index is 12.4. The summed E-state index contributed by atoms with van der Waals surface area (Å²) in [4.78, 5) is 22.4. The molecule has 1 saturated carbocycles. The van der Waals surface area contributed by atoms with Gasteiger partial charge >= 0.3 is 0 Å². The fourth-order valence-electron chi connectivity index (χ4n) is 3.59. The number of anilines is 1. The minimum Gasteiger partial charge on any atom is -0.493 e. The van der Waals surface area contributed by atoms with E-state index >= 15 is 0 Å². The van der Waals surface area contributed by atoms with Crippen LogP contribution in [0, 0.1) is 5.92 Å². The highest BCUT2D eigenvalue weighted by Crippen LogP contribution is 2.34. The van der Waals surface area contributed by atoms with Crippen LogP contribution in [0.15, 0.2) is 42.0 Å². The van der Waals surface area contributed by atoms with E-state index in [0.29, 0.717) is 11.5 Å². The number of methoxy groups -OCH3 is 2. The first kappa shape index (κ1) is 19.4. The first-order chi connectivity index (χ1) is 14.2. The van der Waals surface area contributed by atoms with Crippen LogP contribution in [0.2, 0.25) is 0 Å². The SMILES string of the molecule is COc1ccc(-c2cncc(-c3cc(NC(=O)C4CCCC4)cs3)n2)cc1OC. The molecule has 1 aliphatic rings. The van der Waals surface area contributed by atoms with E-state index in [1.807, 2.05) is 29.6 Å². The van der Waals surface area contributed by atoms with Crippen LogP contribution in [0.1, 0.15) is 25.7 Å². The first-order valence-corrected chi connectivity index (χ1v) is 10.5. The van der Waals surface area contributed by atoms with Gasteiger partial charge in [-0.05, 0) is 37.1 Å². The Morgan fingerprint density at radius 3 is 2.59 bits per heavy atom. The minimum atomic E-state index is 0.122. The molecule has 0 spiro atoms. The van der Waals surface area contributed by atoms with Gasteiger partial charge in [0, 0.05) is 16.9 Å². The molecule has 2 heterocycles. The van der Waals surface area contributed by atoms with E-state index in [9.17, 15) is 4.79 Å². The summed E-state index contributed by atoms with van der Waals surface area (Å²) >= 11 is 1.54. The second kappa shape index (κ2) is 8.61. The molecule has 0 atom stereocenters. The lowest BCUT2D eigenvalue weighted by molar-refractivity contribution is -0.119. The van der Waals surface area contributed by atoms with Gasteiger partial charge in [-0.3, -0.25) is 9.78 Å². The topological polar surface area (TPSA) is 73.3 Å². The molecule has 7 heteroatoms. The predicted octanol–water partition coefficient (Wildman–Crippen LogP) is 5.02. The van der Waals surface area contributed by atoms with Crippen LogP contribution in [-0.2, 0) is 4.79 Å². The summed E-state index contributed by atoms with van der Waals surface area (Å²) in [5.74, 6) is 1.58. The van der Waals surface area contributed by atoms with Gasteiger partial charge in [0.15, 0.2) is 11.5 Å². The standard InChI is InChI=1S/C22H23N3O3S/c1-27-19-8-7-15(9-20(19)28-2)17-11-23-12-18(25-17)21-10-16(13-29-21)24-22(26)14-5-3-4-6-14/h7-14H,3-6H2,1-2H3,(H,24,26). The van der Waals surface area contributed by atoms with E-state index in [4.69, 9.17) is 14.5 Å². The van der Waals surface area contributed by atoms with Crippen molar-refractivity contribution >= 4 is 22.9 Å². The van der Waals surface area contributed by atoms with Crippen molar-refractivity contribution in [1.29, 1.82) is 0 Å². The Kier molecular flexibility index (Phi) is 5.76. The number of thiophene rings is 1. The van der Waals surface area contributed by atoms with E-state index in [1.54, 1.807) is 38.0 Å². The van der Waals surface area contributed by atoms with Gasteiger partial charge in [0.05, 0.1) is 48.6 Å². The summed E-state index contributed by atoms with van der Waals surface area (Å²) in [5.41, 5.74) is 3.22. The molecule has 1 N–H and O–H groups in total. The van der Waals surface area contributed by atoms with Gasteiger partial charge in [-0.25, -0.2) is 4.98 Å². The number of amides is 1. The van der Waals surface area contributed by atoms with Gasteiger partial charge < -0.3 is 14.8 Å². The molecule has 0 radical (unpaired) electrons. The van der Waals surface area contributed by atoms with Crippen LogP contribution in [0.25, 0.3) is 21.8 Å². The van der Waals surface area contributed by atoms with Gasteiger partial charge in [-0.1, -0.05) is 12.8 Å². The van der Waals surface area contributed by atoms with Crippen molar-refractivity contribution in [2.75, 3.05) is 19.5 Å². The molecule has 1 aromatic carbocycles. The summed E-state index contributed by atoms with van der Waals surface area (Å²) in [7, 11) is 3.22. The molecule has 1 amide bonds. The molecule has 150 valence electrons. The maximum absolute atomic E-state index is 12.4. The molecule has 3 aromatic rings. The maximum Gasteiger partial charge on any atom is 0.227 e. The second-order valence-electron chi connectivity index (χ2n) is 7.03. The summed E-state index contributed by atoms with van der Waals surface area (Å²) in [6.45, 7) is 0. The molecular formula is C22H23N3O3S. The molecule has 0 aliphatic heterocycles. The lowest BCUT2D eigenvalue weighted by Crippen LogP contribution is -2.19. The number of hydrogen-bond donors (Lipinski definition) is 1. The molecule has 0 bridgehead atoms. The van der Waals surface area contributed by atoms with E-state index < -0.39 is 0 Å². The number of carbonyl (C=O) groups excluding carboxylic acids is 1. The van der Waals surface area contributed by atoms with Crippen molar-refractivity contribution in [3.8, 4) is 33.3 Å². The third-order valence-electron chi connectivity index (χ3n) is 5.16. The molecule has 4 rings (SSSR count). The number of rotatable bonds is 6. The number of nitrogens with zero attached hydrogens (tertiary/aromatic N) is 2. The van der Waals surface area contributed by atoms with Crippen molar-refractivity contribution < 1.29 is 14.3 Å². The van der Waals surface area contributed by atoms with Gasteiger partial charge in [0.2, 0.25) is 5.91 Å². The number of aromatic nitrogens is 2. The third kappa shape index (κ3) is 4.24. The van der Waals surface area contributed by atoms with E-state index in [1.165, 1.54) is 0 Å². The molecule has 0 unspecified atom stereocenters. The Hall–Kier alpha value is -2.93. The second-order valence-corrected chi connectivity index (χ2v) is 7.94. The van der Waals surface area contributed by atoms with Crippen LogP contribution < -0.4 is 14.8 Å². The molecular weight excluding hydrogens is 386 g/mol. The van der Waals surface area contributed by atoms with Crippen LogP contribution in [-0.4, -0.2) is 30.1 Å². The van der Waals surface area contributed by atoms with Crippen LogP contribution in [0.4, 0.5) is 5.69 Å².